The molecule has 0 heterocycles. The second-order valence-corrected chi connectivity index (χ2v) is 11.8. The normalized spacial score (nSPS) is 12.2. The van der Waals surface area contributed by atoms with E-state index in [0.717, 1.165) is 10.6 Å². The Morgan fingerprint density at radius 1 is 1.00 bits per heavy atom. The van der Waals surface area contributed by atoms with E-state index in [4.69, 9.17) is 39.5 Å². The molecule has 0 radical (unpaired) electrons. The molecule has 0 fully saturated rings. The van der Waals surface area contributed by atoms with Gasteiger partial charge >= 0.3 is 0 Å². The first-order valence-electron chi connectivity index (χ1n) is 11.1. The molecule has 0 aromatic heterocycles. The second-order valence-electron chi connectivity index (χ2n) is 8.67. The van der Waals surface area contributed by atoms with Crippen LogP contribution >= 0.6 is 34.8 Å². The molecule has 0 spiro atoms. The largest absolute Gasteiger partial charge is 0.495 e. The maximum absolute atomic E-state index is 13.5. The number of hydrogen-bond donors (Lipinski definition) is 1. The van der Waals surface area contributed by atoms with E-state index >= 15 is 0 Å². The summed E-state index contributed by atoms with van der Waals surface area (Å²) < 4.78 is 31.4. The van der Waals surface area contributed by atoms with Gasteiger partial charge in [-0.15, -0.1) is 0 Å². The molecule has 198 valence electrons. The molecule has 1 atom stereocenters. The minimum atomic E-state index is -3.89. The first kappa shape index (κ1) is 30.0. The summed E-state index contributed by atoms with van der Waals surface area (Å²) in [5.41, 5.74) is 0.808. The van der Waals surface area contributed by atoms with Crippen molar-refractivity contribution >= 4 is 62.3 Å². The number of halogens is 3. The van der Waals surface area contributed by atoms with Crippen molar-refractivity contribution in [2.45, 2.75) is 33.4 Å². The zero-order valence-electron chi connectivity index (χ0n) is 20.7. The summed E-state index contributed by atoms with van der Waals surface area (Å²) in [5.74, 6) is -0.390. The first-order chi connectivity index (χ1) is 16.7. The predicted octanol–water partition coefficient (Wildman–Crippen LogP) is 4.61. The van der Waals surface area contributed by atoms with Crippen molar-refractivity contribution in [3.8, 4) is 5.75 Å². The van der Waals surface area contributed by atoms with Crippen molar-refractivity contribution in [3.63, 3.8) is 0 Å². The Labute approximate surface area is 227 Å². The van der Waals surface area contributed by atoms with Gasteiger partial charge in [0.1, 0.15) is 18.3 Å². The molecule has 2 rings (SSSR count). The van der Waals surface area contributed by atoms with Crippen LogP contribution in [0.25, 0.3) is 0 Å². The van der Waals surface area contributed by atoms with Crippen LogP contribution < -0.4 is 14.4 Å². The number of hydrogen-bond acceptors (Lipinski definition) is 5. The van der Waals surface area contributed by atoms with Gasteiger partial charge in [-0.2, -0.15) is 0 Å². The lowest BCUT2D eigenvalue weighted by Gasteiger charge is -2.31. The van der Waals surface area contributed by atoms with Crippen LogP contribution in [0.1, 0.15) is 26.3 Å². The van der Waals surface area contributed by atoms with Gasteiger partial charge in [-0.25, -0.2) is 8.42 Å². The number of benzene rings is 2. The predicted molar refractivity (Wildman–Crippen MR) is 145 cm³/mol. The second kappa shape index (κ2) is 12.9. The summed E-state index contributed by atoms with van der Waals surface area (Å²) in [6, 6.07) is 8.37. The molecule has 2 aromatic rings. The van der Waals surface area contributed by atoms with Crippen LogP contribution in [-0.2, 0) is 26.2 Å². The Morgan fingerprint density at radius 2 is 1.67 bits per heavy atom. The Hall–Kier alpha value is -2.20. The number of rotatable bonds is 11. The number of amides is 2. The third-order valence-electron chi connectivity index (χ3n) is 5.29. The summed E-state index contributed by atoms with van der Waals surface area (Å²) >= 11 is 18.3. The summed E-state index contributed by atoms with van der Waals surface area (Å²) in [4.78, 5) is 27.7. The maximum atomic E-state index is 13.5. The SMILES string of the molecule is COc1ccc(N(CC(=O)N(Cc2ccc(Cl)c(Cl)c2)[C@@H](C)C(=O)NCC(C)C)S(C)(=O)=O)cc1Cl. The minimum Gasteiger partial charge on any atom is -0.495 e. The maximum Gasteiger partial charge on any atom is 0.244 e. The average molecular weight is 579 g/mol. The van der Waals surface area contributed by atoms with E-state index in [-0.39, 0.29) is 29.1 Å². The molecular formula is C24H30Cl3N3O5S. The Balaban J connectivity index is 2.42. The lowest BCUT2D eigenvalue weighted by atomic mass is 10.1. The molecule has 8 nitrogen and oxygen atoms in total. The highest BCUT2D eigenvalue weighted by Gasteiger charge is 2.30. The fourth-order valence-corrected chi connectivity index (χ4v) is 4.71. The fourth-order valence-electron chi connectivity index (χ4n) is 3.29. The number of nitrogens with zero attached hydrogens (tertiary/aromatic N) is 2. The topological polar surface area (TPSA) is 96.0 Å². The van der Waals surface area contributed by atoms with E-state index in [1.165, 1.54) is 30.2 Å². The van der Waals surface area contributed by atoms with Crippen molar-refractivity contribution in [2.75, 3.05) is 30.8 Å². The molecular weight excluding hydrogens is 549 g/mol. The van der Waals surface area contributed by atoms with Crippen molar-refractivity contribution in [1.29, 1.82) is 0 Å². The van der Waals surface area contributed by atoms with Gasteiger partial charge in [0.05, 0.1) is 34.1 Å². The van der Waals surface area contributed by atoms with Gasteiger partial charge in [0.25, 0.3) is 0 Å². The number of ether oxygens (including phenoxy) is 1. The van der Waals surface area contributed by atoms with E-state index in [2.05, 4.69) is 5.32 Å². The lowest BCUT2D eigenvalue weighted by Crippen LogP contribution is -2.51. The molecule has 0 aliphatic carbocycles. The van der Waals surface area contributed by atoms with Crippen LogP contribution in [0.4, 0.5) is 5.69 Å². The number of nitrogens with one attached hydrogen (secondary N) is 1. The smallest absolute Gasteiger partial charge is 0.244 e. The molecule has 0 aliphatic rings. The van der Waals surface area contributed by atoms with E-state index in [9.17, 15) is 18.0 Å². The van der Waals surface area contributed by atoms with Crippen LogP contribution in [0.15, 0.2) is 36.4 Å². The monoisotopic (exact) mass is 577 g/mol. The van der Waals surface area contributed by atoms with Gasteiger partial charge in [-0.05, 0) is 48.7 Å². The van der Waals surface area contributed by atoms with Crippen LogP contribution in [0, 0.1) is 5.92 Å². The van der Waals surface area contributed by atoms with Gasteiger partial charge in [-0.3, -0.25) is 13.9 Å². The highest BCUT2D eigenvalue weighted by Crippen LogP contribution is 2.30. The molecule has 12 heteroatoms. The van der Waals surface area contributed by atoms with Crippen LogP contribution in [0.3, 0.4) is 0 Å². The van der Waals surface area contributed by atoms with Gasteiger partial charge < -0.3 is 15.0 Å². The molecule has 0 saturated heterocycles. The number of carbonyl (C=O) groups excluding carboxylic acids is 2. The highest BCUT2D eigenvalue weighted by atomic mass is 35.5. The Bertz CT molecular complexity index is 1210. The molecule has 36 heavy (non-hydrogen) atoms. The Kier molecular flexibility index (Phi) is 10.7. The van der Waals surface area contributed by atoms with E-state index < -0.39 is 28.5 Å². The molecule has 2 aromatic carbocycles. The van der Waals surface area contributed by atoms with Gasteiger partial charge in [-0.1, -0.05) is 54.7 Å². The third-order valence-corrected chi connectivity index (χ3v) is 7.47. The molecule has 0 saturated carbocycles. The number of anilines is 1. The van der Waals surface area contributed by atoms with Crippen molar-refractivity contribution in [1.82, 2.24) is 10.2 Å². The van der Waals surface area contributed by atoms with E-state index in [0.29, 0.717) is 27.9 Å². The number of methoxy groups -OCH3 is 1. The Morgan fingerprint density at radius 3 is 2.19 bits per heavy atom. The van der Waals surface area contributed by atoms with Gasteiger partial charge in [0, 0.05) is 13.1 Å². The van der Waals surface area contributed by atoms with Crippen molar-refractivity contribution in [3.05, 3.63) is 57.0 Å². The van der Waals surface area contributed by atoms with Crippen molar-refractivity contribution in [2.24, 2.45) is 5.92 Å². The highest BCUT2D eigenvalue weighted by molar-refractivity contribution is 7.92. The van der Waals surface area contributed by atoms with Gasteiger partial charge in [0.2, 0.25) is 21.8 Å². The number of carbonyl (C=O) groups is 2. The van der Waals surface area contributed by atoms with Crippen LogP contribution in [-0.4, -0.2) is 57.6 Å². The van der Waals surface area contributed by atoms with E-state index in [1.54, 1.807) is 25.1 Å². The third kappa shape index (κ3) is 8.16. The standard InChI is InChI=1S/C24H30Cl3N3O5S/c1-15(2)12-28-24(32)16(3)29(13-17-6-8-19(25)20(26)10-17)23(31)14-30(36(5,33)34)18-7-9-22(35-4)21(27)11-18/h6-11,15-16H,12-14H2,1-5H3,(H,28,32)/t16-/m0/s1. The van der Waals surface area contributed by atoms with E-state index in [1.807, 2.05) is 13.8 Å². The first-order valence-corrected chi connectivity index (χ1v) is 14.0. The molecule has 0 aliphatic heterocycles. The van der Waals surface area contributed by atoms with Crippen molar-refractivity contribution < 1.29 is 22.7 Å². The quantitative estimate of drug-likeness (QED) is 0.420. The minimum absolute atomic E-state index is 0.00690. The van der Waals surface area contributed by atoms with Gasteiger partial charge in [0.15, 0.2) is 0 Å². The summed E-state index contributed by atoms with van der Waals surface area (Å²) in [7, 11) is -2.45. The van der Waals surface area contributed by atoms with Crippen LogP contribution in [0.2, 0.25) is 15.1 Å². The summed E-state index contributed by atoms with van der Waals surface area (Å²) in [6.07, 6.45) is 0.987. The summed E-state index contributed by atoms with van der Waals surface area (Å²) in [5, 5.41) is 3.64. The lowest BCUT2D eigenvalue weighted by molar-refractivity contribution is -0.139. The number of sulfonamides is 1. The molecule has 0 bridgehead atoms. The zero-order chi connectivity index (χ0) is 27.2. The molecule has 2 amide bonds. The summed E-state index contributed by atoms with van der Waals surface area (Å²) in [6.45, 7) is 5.37. The zero-order valence-corrected chi connectivity index (χ0v) is 23.8. The molecule has 1 N–H and O–H groups in total. The fraction of sp³-hybridized carbons (Fsp3) is 0.417. The average Bonchev–Trinajstić information content (AvgIpc) is 2.80. The molecule has 0 unspecified atom stereocenters. The van der Waals surface area contributed by atoms with Crippen LogP contribution in [0.5, 0.6) is 5.75 Å².